The average molecular weight is 310 g/mol. The van der Waals surface area contributed by atoms with E-state index in [2.05, 4.69) is 5.32 Å². The molecular formula is C10H6Cl2FNOS2. The van der Waals surface area contributed by atoms with Crippen LogP contribution in [0.1, 0.15) is 5.56 Å². The molecule has 1 heterocycles. The van der Waals surface area contributed by atoms with Crippen molar-refractivity contribution < 1.29 is 4.39 Å². The van der Waals surface area contributed by atoms with E-state index in [1.807, 2.05) is 0 Å². The summed E-state index contributed by atoms with van der Waals surface area (Å²) in [7, 11) is 2.27. The van der Waals surface area contributed by atoms with Crippen LogP contribution in [0, 0.1) is 5.82 Å². The Hall–Kier alpha value is -0.620. The maximum atomic E-state index is 13.4. The van der Waals surface area contributed by atoms with Crippen molar-refractivity contribution in [2.45, 2.75) is 6.54 Å². The topological polar surface area (TPSA) is 29.1 Å². The van der Waals surface area contributed by atoms with Crippen LogP contribution in [0.25, 0.3) is 0 Å². The molecule has 2 aromatic rings. The van der Waals surface area contributed by atoms with Gasteiger partial charge in [-0.25, -0.2) is 4.39 Å². The molecule has 1 aromatic carbocycles. The van der Waals surface area contributed by atoms with Crippen molar-refractivity contribution in [2.24, 2.45) is 0 Å². The normalized spacial score (nSPS) is 10.5. The van der Waals surface area contributed by atoms with Gasteiger partial charge in [-0.1, -0.05) is 39.6 Å². The van der Waals surface area contributed by atoms with E-state index in [-0.39, 0.29) is 22.1 Å². The summed E-state index contributed by atoms with van der Waals surface area (Å²) >= 11 is 11.6. The van der Waals surface area contributed by atoms with Gasteiger partial charge in [-0.3, -0.25) is 4.79 Å². The van der Waals surface area contributed by atoms with Gasteiger partial charge in [0.1, 0.15) is 15.8 Å². The molecule has 1 N–H and O–H groups in total. The minimum Gasteiger partial charge on any atom is -0.371 e. The Morgan fingerprint density at radius 2 is 2.06 bits per heavy atom. The predicted octanol–water partition coefficient (Wildman–Crippen LogP) is 4.23. The highest BCUT2D eigenvalue weighted by atomic mass is 35.5. The molecule has 0 saturated heterocycles. The van der Waals surface area contributed by atoms with E-state index in [1.54, 1.807) is 6.07 Å². The SMILES string of the molecule is O=c1ssc(NCc2c(F)cccc2Cl)c1Cl. The van der Waals surface area contributed by atoms with Crippen LogP contribution in [0.4, 0.5) is 9.39 Å². The first-order valence-electron chi connectivity index (χ1n) is 4.55. The number of benzene rings is 1. The second-order valence-corrected chi connectivity index (χ2v) is 6.05. The smallest absolute Gasteiger partial charge is 0.263 e. The zero-order chi connectivity index (χ0) is 12.4. The van der Waals surface area contributed by atoms with Gasteiger partial charge in [-0.2, -0.15) is 0 Å². The highest BCUT2D eigenvalue weighted by molar-refractivity contribution is 7.70. The van der Waals surface area contributed by atoms with Crippen molar-refractivity contribution >= 4 is 48.9 Å². The second-order valence-electron chi connectivity index (χ2n) is 3.15. The summed E-state index contributed by atoms with van der Waals surface area (Å²) in [6.07, 6.45) is 0. The zero-order valence-corrected chi connectivity index (χ0v) is 11.4. The van der Waals surface area contributed by atoms with Crippen molar-refractivity contribution in [2.75, 3.05) is 5.32 Å². The van der Waals surface area contributed by atoms with E-state index in [0.717, 1.165) is 10.3 Å². The molecule has 0 aliphatic rings. The van der Waals surface area contributed by atoms with Gasteiger partial charge in [0, 0.05) is 17.1 Å². The first-order chi connectivity index (χ1) is 8.09. The molecule has 0 aliphatic heterocycles. The number of hydrogen-bond acceptors (Lipinski definition) is 4. The number of nitrogens with one attached hydrogen (secondary N) is 1. The third-order valence-electron chi connectivity index (χ3n) is 2.07. The second kappa shape index (κ2) is 5.35. The van der Waals surface area contributed by atoms with E-state index >= 15 is 0 Å². The molecule has 0 saturated carbocycles. The summed E-state index contributed by atoms with van der Waals surface area (Å²) in [6.45, 7) is 0.192. The molecule has 90 valence electrons. The lowest BCUT2D eigenvalue weighted by Gasteiger charge is -2.07. The van der Waals surface area contributed by atoms with Gasteiger partial charge in [0.2, 0.25) is 0 Å². The van der Waals surface area contributed by atoms with Crippen molar-refractivity contribution in [3.05, 3.63) is 49.2 Å². The van der Waals surface area contributed by atoms with E-state index in [0.29, 0.717) is 15.6 Å². The van der Waals surface area contributed by atoms with Crippen LogP contribution < -0.4 is 10.1 Å². The third kappa shape index (κ3) is 2.80. The van der Waals surface area contributed by atoms with Gasteiger partial charge in [-0.05, 0) is 22.5 Å². The van der Waals surface area contributed by atoms with Crippen molar-refractivity contribution in [1.82, 2.24) is 0 Å². The van der Waals surface area contributed by atoms with E-state index < -0.39 is 0 Å². The van der Waals surface area contributed by atoms with E-state index in [4.69, 9.17) is 23.2 Å². The van der Waals surface area contributed by atoms with Crippen LogP contribution in [-0.4, -0.2) is 0 Å². The number of halogens is 3. The number of rotatable bonds is 3. The fourth-order valence-corrected chi connectivity index (χ4v) is 3.87. The molecule has 0 bridgehead atoms. The van der Waals surface area contributed by atoms with Crippen LogP contribution >= 0.6 is 43.9 Å². The van der Waals surface area contributed by atoms with Gasteiger partial charge >= 0.3 is 0 Å². The fourth-order valence-electron chi connectivity index (χ4n) is 1.22. The summed E-state index contributed by atoms with van der Waals surface area (Å²) in [5, 5.41) is 3.94. The van der Waals surface area contributed by atoms with Gasteiger partial charge in [0.25, 0.3) is 4.74 Å². The molecule has 7 heteroatoms. The van der Waals surface area contributed by atoms with Gasteiger partial charge < -0.3 is 5.32 Å². The Labute approximate surface area is 114 Å². The predicted molar refractivity (Wildman–Crippen MR) is 72.2 cm³/mol. The minimum atomic E-state index is -0.385. The van der Waals surface area contributed by atoms with Crippen LogP contribution in [0.5, 0.6) is 0 Å². The molecule has 0 fully saturated rings. The maximum absolute atomic E-state index is 13.4. The third-order valence-corrected chi connectivity index (χ3v) is 5.16. The quantitative estimate of drug-likeness (QED) is 0.860. The lowest BCUT2D eigenvalue weighted by atomic mass is 10.2. The highest BCUT2D eigenvalue weighted by Gasteiger charge is 2.10. The van der Waals surface area contributed by atoms with Crippen LogP contribution in [-0.2, 0) is 6.54 Å². The summed E-state index contributed by atoms with van der Waals surface area (Å²) in [4.78, 5) is 11.1. The first kappa shape index (κ1) is 12.8. The molecule has 0 aliphatic carbocycles. The highest BCUT2D eigenvalue weighted by Crippen LogP contribution is 2.28. The monoisotopic (exact) mass is 309 g/mol. The summed E-state index contributed by atoms with van der Waals surface area (Å²) < 4.78 is 13.3. The first-order valence-corrected chi connectivity index (χ1v) is 7.45. The molecule has 0 amide bonds. The Bertz CT molecular complexity index is 576. The van der Waals surface area contributed by atoms with Crippen molar-refractivity contribution in [1.29, 1.82) is 0 Å². The Morgan fingerprint density at radius 1 is 1.29 bits per heavy atom. The molecule has 17 heavy (non-hydrogen) atoms. The largest absolute Gasteiger partial charge is 0.371 e. The summed E-state index contributed by atoms with van der Waals surface area (Å²) in [5.74, 6) is -0.385. The summed E-state index contributed by atoms with van der Waals surface area (Å²) in [5.41, 5.74) is 0.357. The van der Waals surface area contributed by atoms with Crippen molar-refractivity contribution in [3.63, 3.8) is 0 Å². The number of anilines is 1. The minimum absolute atomic E-state index is 0.146. The van der Waals surface area contributed by atoms with Gasteiger partial charge in [0.15, 0.2) is 0 Å². The van der Waals surface area contributed by atoms with Crippen LogP contribution in [0.3, 0.4) is 0 Å². The van der Waals surface area contributed by atoms with Crippen LogP contribution in [0.15, 0.2) is 23.0 Å². The van der Waals surface area contributed by atoms with Crippen molar-refractivity contribution in [3.8, 4) is 0 Å². The van der Waals surface area contributed by atoms with Gasteiger partial charge in [0.05, 0.1) is 0 Å². The maximum Gasteiger partial charge on any atom is 0.263 e. The molecule has 1 aromatic heterocycles. The molecule has 2 rings (SSSR count). The van der Waals surface area contributed by atoms with E-state index in [1.165, 1.54) is 22.5 Å². The van der Waals surface area contributed by atoms with Crippen LogP contribution in [0.2, 0.25) is 10.0 Å². The molecule has 0 radical (unpaired) electrons. The molecular weight excluding hydrogens is 304 g/mol. The lowest BCUT2D eigenvalue weighted by molar-refractivity contribution is 0.613. The fraction of sp³-hybridized carbons (Fsp3) is 0.100. The molecule has 0 spiro atoms. The Balaban J connectivity index is 2.18. The molecule has 0 unspecified atom stereocenters. The standard InChI is InChI=1S/C10H6Cl2FNOS2/c11-6-2-1-3-7(13)5(6)4-14-9-8(12)10(15)17-16-9/h1-3,14H,4H2. The van der Waals surface area contributed by atoms with Gasteiger partial charge in [-0.15, -0.1) is 0 Å². The Morgan fingerprint density at radius 3 is 2.65 bits per heavy atom. The van der Waals surface area contributed by atoms with E-state index in [9.17, 15) is 9.18 Å². The molecule has 2 nitrogen and oxygen atoms in total. The summed E-state index contributed by atoms with van der Waals surface area (Å²) in [6, 6.07) is 4.48. The Kier molecular flexibility index (Phi) is 4.04. The zero-order valence-electron chi connectivity index (χ0n) is 8.30. The number of hydrogen-bond donors (Lipinski definition) is 1. The molecule has 0 atom stereocenters. The average Bonchev–Trinajstić information content (AvgIpc) is 2.60. The lowest BCUT2D eigenvalue weighted by Crippen LogP contribution is -2.02.